The minimum absolute atomic E-state index is 0.0760. The largest absolute Gasteiger partial charge is 0.507 e. The van der Waals surface area contributed by atoms with Gasteiger partial charge < -0.3 is 24.2 Å². The Morgan fingerprint density at radius 3 is 2.43 bits per heavy atom. The molecule has 35 heavy (non-hydrogen) atoms. The molecule has 0 aromatic heterocycles. The third-order valence-corrected chi connectivity index (χ3v) is 6.43. The number of carbonyl (C=O) groups is 2. The highest BCUT2D eigenvalue weighted by Gasteiger charge is 2.46. The molecule has 2 fully saturated rings. The van der Waals surface area contributed by atoms with E-state index in [0.29, 0.717) is 55.5 Å². The zero-order chi connectivity index (χ0) is 24.9. The molecule has 0 bridgehead atoms. The number of aryl methyl sites for hydroxylation is 1. The van der Waals surface area contributed by atoms with E-state index in [9.17, 15) is 14.7 Å². The minimum Gasteiger partial charge on any atom is -0.507 e. The Balaban J connectivity index is 1.77. The number of Topliss-reactive ketones (excluding diaryl/α,β-unsaturated/α-hetero) is 1. The van der Waals surface area contributed by atoms with E-state index in [2.05, 4.69) is 4.90 Å². The van der Waals surface area contributed by atoms with Crippen LogP contribution in [0.4, 0.5) is 0 Å². The lowest BCUT2D eigenvalue weighted by atomic mass is 9.94. The average Bonchev–Trinajstić information content (AvgIpc) is 3.13. The fourth-order valence-electron chi connectivity index (χ4n) is 4.53. The van der Waals surface area contributed by atoms with Gasteiger partial charge in [0.25, 0.3) is 11.7 Å². The van der Waals surface area contributed by atoms with Gasteiger partial charge in [0.2, 0.25) is 0 Å². The fraction of sp³-hybridized carbons (Fsp3) is 0.407. The Labute approximate surface area is 205 Å². The number of amides is 1. The number of likely N-dealkylation sites (tertiary alicyclic amines) is 1. The van der Waals surface area contributed by atoms with Crippen molar-refractivity contribution in [3.05, 3.63) is 64.7 Å². The summed E-state index contributed by atoms with van der Waals surface area (Å²) < 4.78 is 16.6. The van der Waals surface area contributed by atoms with Crippen molar-refractivity contribution in [3.63, 3.8) is 0 Å². The van der Waals surface area contributed by atoms with Crippen molar-refractivity contribution in [2.75, 3.05) is 53.1 Å². The lowest BCUT2D eigenvalue weighted by molar-refractivity contribution is -0.140. The van der Waals surface area contributed by atoms with Gasteiger partial charge in [-0.15, -0.1) is 0 Å². The van der Waals surface area contributed by atoms with Gasteiger partial charge in [-0.2, -0.15) is 0 Å². The number of benzene rings is 2. The van der Waals surface area contributed by atoms with E-state index in [1.165, 1.54) is 0 Å². The molecule has 2 aromatic rings. The second-order valence-electron chi connectivity index (χ2n) is 8.66. The maximum Gasteiger partial charge on any atom is 0.295 e. The van der Waals surface area contributed by atoms with E-state index in [0.717, 1.165) is 18.7 Å². The third-order valence-electron chi connectivity index (χ3n) is 6.43. The minimum atomic E-state index is -0.748. The predicted molar refractivity (Wildman–Crippen MR) is 132 cm³/mol. The number of nitrogens with zero attached hydrogens (tertiary/aromatic N) is 2. The van der Waals surface area contributed by atoms with E-state index >= 15 is 0 Å². The molecular weight excluding hydrogens is 448 g/mol. The number of ketones is 1. The van der Waals surface area contributed by atoms with Gasteiger partial charge in [0, 0.05) is 31.7 Å². The Morgan fingerprint density at radius 1 is 1.06 bits per heavy atom. The van der Waals surface area contributed by atoms with Crippen LogP contribution < -0.4 is 9.47 Å². The number of methoxy groups -OCH3 is 1. The SMILES string of the molecule is CCOc1ccc([C@@H]2C(=C(O)c3ccc(C)cc3)C(=O)C(=O)N2CCN2CCOCC2)cc1OC. The molecule has 8 nitrogen and oxygen atoms in total. The Kier molecular flexibility index (Phi) is 7.73. The van der Waals surface area contributed by atoms with Crippen LogP contribution in [0.25, 0.3) is 5.76 Å². The van der Waals surface area contributed by atoms with E-state index in [4.69, 9.17) is 14.2 Å². The van der Waals surface area contributed by atoms with Crippen molar-refractivity contribution in [2.24, 2.45) is 0 Å². The summed E-state index contributed by atoms with van der Waals surface area (Å²) in [5, 5.41) is 11.2. The van der Waals surface area contributed by atoms with E-state index in [-0.39, 0.29) is 11.3 Å². The maximum atomic E-state index is 13.3. The first-order valence-electron chi connectivity index (χ1n) is 11.9. The van der Waals surface area contributed by atoms with Crippen LogP contribution in [0.3, 0.4) is 0 Å². The second kappa shape index (κ2) is 10.9. The normalized spacial score (nSPS) is 20.3. The van der Waals surface area contributed by atoms with Crippen molar-refractivity contribution in [1.82, 2.24) is 9.80 Å². The molecule has 1 amide bonds. The molecule has 2 aliphatic heterocycles. The van der Waals surface area contributed by atoms with Gasteiger partial charge in [-0.3, -0.25) is 14.5 Å². The summed E-state index contributed by atoms with van der Waals surface area (Å²) in [4.78, 5) is 30.2. The molecule has 2 aromatic carbocycles. The Hall–Kier alpha value is -3.36. The summed E-state index contributed by atoms with van der Waals surface area (Å²) >= 11 is 0. The fourth-order valence-corrected chi connectivity index (χ4v) is 4.53. The molecule has 2 heterocycles. The number of rotatable bonds is 8. The first-order chi connectivity index (χ1) is 16.9. The number of hydrogen-bond acceptors (Lipinski definition) is 7. The molecule has 0 unspecified atom stereocenters. The maximum absolute atomic E-state index is 13.3. The average molecular weight is 481 g/mol. The molecule has 4 rings (SSSR count). The molecule has 0 aliphatic carbocycles. The first-order valence-corrected chi connectivity index (χ1v) is 11.9. The molecule has 0 spiro atoms. The molecule has 1 atom stereocenters. The van der Waals surface area contributed by atoms with Gasteiger partial charge in [0.05, 0.1) is 38.5 Å². The first kappa shape index (κ1) is 24.8. The number of aliphatic hydroxyl groups is 1. The number of morpholine rings is 1. The van der Waals surface area contributed by atoms with Crippen molar-refractivity contribution in [3.8, 4) is 11.5 Å². The van der Waals surface area contributed by atoms with Gasteiger partial charge >= 0.3 is 0 Å². The lowest BCUT2D eigenvalue weighted by Crippen LogP contribution is -2.42. The van der Waals surface area contributed by atoms with Crippen LogP contribution in [0, 0.1) is 6.92 Å². The van der Waals surface area contributed by atoms with Gasteiger partial charge in [-0.05, 0) is 31.5 Å². The van der Waals surface area contributed by atoms with Crippen LogP contribution in [-0.2, 0) is 14.3 Å². The van der Waals surface area contributed by atoms with Gasteiger partial charge in [0.15, 0.2) is 11.5 Å². The highest BCUT2D eigenvalue weighted by Crippen LogP contribution is 2.42. The molecule has 1 N–H and O–H groups in total. The van der Waals surface area contributed by atoms with Gasteiger partial charge in [-0.1, -0.05) is 35.9 Å². The third kappa shape index (κ3) is 5.18. The van der Waals surface area contributed by atoms with Gasteiger partial charge in [0.1, 0.15) is 5.76 Å². The molecule has 2 aliphatic rings. The van der Waals surface area contributed by atoms with Crippen LogP contribution in [0.5, 0.6) is 11.5 Å². The standard InChI is InChI=1S/C27H32N2O6/c1-4-35-21-10-9-20(17-22(21)33-3)24-23(25(30)19-7-5-18(2)6-8-19)26(31)27(32)29(24)12-11-28-13-15-34-16-14-28/h5-10,17,24,30H,4,11-16H2,1-3H3/t24-/m1/s1. The quantitative estimate of drug-likeness (QED) is 0.353. The Morgan fingerprint density at radius 2 is 1.77 bits per heavy atom. The number of hydrogen-bond donors (Lipinski definition) is 1. The smallest absolute Gasteiger partial charge is 0.295 e. The van der Waals surface area contributed by atoms with E-state index < -0.39 is 17.7 Å². The monoisotopic (exact) mass is 480 g/mol. The van der Waals surface area contributed by atoms with Crippen LogP contribution in [0.1, 0.15) is 29.7 Å². The zero-order valence-electron chi connectivity index (χ0n) is 20.5. The van der Waals surface area contributed by atoms with Crippen molar-refractivity contribution in [2.45, 2.75) is 19.9 Å². The van der Waals surface area contributed by atoms with Crippen LogP contribution in [0.15, 0.2) is 48.0 Å². The van der Waals surface area contributed by atoms with E-state index in [1.807, 2.05) is 32.0 Å². The van der Waals surface area contributed by atoms with Crippen LogP contribution >= 0.6 is 0 Å². The second-order valence-corrected chi connectivity index (χ2v) is 8.66. The van der Waals surface area contributed by atoms with Crippen molar-refractivity contribution >= 4 is 17.4 Å². The van der Waals surface area contributed by atoms with E-state index in [1.54, 1.807) is 36.3 Å². The van der Waals surface area contributed by atoms with Crippen molar-refractivity contribution in [1.29, 1.82) is 0 Å². The predicted octanol–water partition coefficient (Wildman–Crippen LogP) is 3.16. The summed E-state index contributed by atoms with van der Waals surface area (Å²) in [6, 6.07) is 11.8. The summed E-state index contributed by atoms with van der Waals surface area (Å²) in [6.07, 6.45) is 0. The number of carbonyl (C=O) groups excluding carboxylic acids is 2. The summed E-state index contributed by atoms with van der Waals surface area (Å²) in [7, 11) is 1.54. The zero-order valence-corrected chi connectivity index (χ0v) is 20.5. The molecule has 0 radical (unpaired) electrons. The number of aliphatic hydroxyl groups excluding tert-OH is 1. The molecule has 0 saturated carbocycles. The summed E-state index contributed by atoms with van der Waals surface area (Å²) in [6.45, 7) is 8.08. The van der Waals surface area contributed by atoms with Gasteiger partial charge in [-0.25, -0.2) is 0 Å². The molecule has 2 saturated heterocycles. The Bertz CT molecular complexity index is 1110. The topological polar surface area (TPSA) is 88.5 Å². The van der Waals surface area contributed by atoms with Crippen LogP contribution in [0.2, 0.25) is 0 Å². The highest BCUT2D eigenvalue weighted by atomic mass is 16.5. The molecule has 8 heteroatoms. The summed E-state index contributed by atoms with van der Waals surface area (Å²) in [5.74, 6) is -0.427. The highest BCUT2D eigenvalue weighted by molar-refractivity contribution is 6.46. The van der Waals surface area contributed by atoms with Crippen LogP contribution in [-0.4, -0.2) is 79.7 Å². The molecule has 186 valence electrons. The number of ether oxygens (including phenoxy) is 3. The van der Waals surface area contributed by atoms with Crippen molar-refractivity contribution < 1.29 is 28.9 Å². The molecular formula is C27H32N2O6. The summed E-state index contributed by atoms with van der Waals surface area (Å²) in [5.41, 5.74) is 2.26. The lowest BCUT2D eigenvalue weighted by Gasteiger charge is -2.31.